The predicted molar refractivity (Wildman–Crippen MR) is 73.6 cm³/mol. The topological polar surface area (TPSA) is 67.2 Å². The van der Waals surface area contributed by atoms with Crippen molar-refractivity contribution in [1.82, 2.24) is 9.78 Å². The van der Waals surface area contributed by atoms with Crippen LogP contribution in [0.2, 0.25) is 0 Å². The number of halogens is 1. The van der Waals surface area contributed by atoms with Gasteiger partial charge in [0, 0.05) is 12.0 Å². The van der Waals surface area contributed by atoms with E-state index in [1.807, 2.05) is 0 Å². The maximum atomic E-state index is 11.9. The van der Waals surface area contributed by atoms with E-state index in [2.05, 4.69) is 32.9 Å². The van der Waals surface area contributed by atoms with E-state index in [0.717, 1.165) is 12.8 Å². The van der Waals surface area contributed by atoms with E-state index >= 15 is 0 Å². The van der Waals surface area contributed by atoms with E-state index in [1.165, 1.54) is 4.68 Å². The van der Waals surface area contributed by atoms with Crippen molar-refractivity contribution in [2.45, 2.75) is 19.4 Å². The minimum absolute atomic E-state index is 0.00455. The Morgan fingerprint density at radius 1 is 1.67 bits per heavy atom. The van der Waals surface area contributed by atoms with Crippen molar-refractivity contribution in [1.29, 1.82) is 0 Å². The van der Waals surface area contributed by atoms with Gasteiger partial charge in [-0.1, -0.05) is 6.08 Å². The van der Waals surface area contributed by atoms with Gasteiger partial charge in [-0.05, 0) is 28.8 Å². The second-order valence-corrected chi connectivity index (χ2v) is 5.45. The monoisotopic (exact) mass is 313 g/mol. The summed E-state index contributed by atoms with van der Waals surface area (Å²) in [5.41, 5.74) is 0.476. The van der Waals surface area contributed by atoms with Crippen molar-refractivity contribution in [2.24, 2.45) is 5.41 Å². The largest absolute Gasteiger partial charge is 0.396 e. The van der Waals surface area contributed by atoms with Crippen molar-refractivity contribution in [3.05, 3.63) is 33.7 Å². The fourth-order valence-electron chi connectivity index (χ4n) is 1.69. The van der Waals surface area contributed by atoms with Crippen LogP contribution >= 0.6 is 15.9 Å². The quantitative estimate of drug-likeness (QED) is 0.779. The molecule has 5 nitrogen and oxygen atoms in total. The Kier molecular flexibility index (Phi) is 3.87. The number of anilines is 1. The van der Waals surface area contributed by atoms with Gasteiger partial charge in [0.05, 0.1) is 25.0 Å². The normalized spacial score (nSPS) is 16.3. The van der Waals surface area contributed by atoms with Gasteiger partial charge < -0.3 is 10.4 Å². The van der Waals surface area contributed by atoms with Crippen LogP contribution in [0.3, 0.4) is 0 Å². The summed E-state index contributed by atoms with van der Waals surface area (Å²) in [4.78, 5) is 11.9. The van der Waals surface area contributed by atoms with Crippen LogP contribution in [0.5, 0.6) is 0 Å². The third-order valence-electron chi connectivity index (χ3n) is 3.23. The summed E-state index contributed by atoms with van der Waals surface area (Å²) in [5.74, 6) is 0. The van der Waals surface area contributed by atoms with Crippen LogP contribution in [0.1, 0.15) is 12.8 Å². The minimum Gasteiger partial charge on any atom is -0.396 e. The van der Waals surface area contributed by atoms with E-state index in [9.17, 15) is 9.90 Å². The number of allylic oxidation sites excluding steroid dienone is 1. The average Bonchev–Trinajstić information content (AvgIpc) is 3.15. The first-order chi connectivity index (χ1) is 8.62. The Balaban J connectivity index is 2.12. The molecule has 1 fully saturated rings. The van der Waals surface area contributed by atoms with Crippen LogP contribution in [0, 0.1) is 5.41 Å². The lowest BCUT2D eigenvalue weighted by molar-refractivity contribution is 0.220. The molecule has 0 aliphatic heterocycles. The Labute approximate surface area is 114 Å². The maximum absolute atomic E-state index is 11.9. The van der Waals surface area contributed by atoms with E-state index in [4.69, 9.17) is 0 Å². The van der Waals surface area contributed by atoms with Gasteiger partial charge in [-0.15, -0.1) is 6.58 Å². The highest BCUT2D eigenvalue weighted by molar-refractivity contribution is 9.10. The predicted octanol–water partition coefficient (Wildman–Crippen LogP) is 1.38. The molecule has 1 aromatic heterocycles. The van der Waals surface area contributed by atoms with E-state index < -0.39 is 0 Å². The number of rotatable bonds is 6. The fraction of sp³-hybridized carbons (Fsp3) is 0.500. The minimum atomic E-state index is -0.186. The van der Waals surface area contributed by atoms with Gasteiger partial charge in [0.2, 0.25) is 0 Å². The van der Waals surface area contributed by atoms with Gasteiger partial charge in [0.15, 0.2) is 0 Å². The molecule has 2 rings (SSSR count). The molecule has 6 heteroatoms. The average molecular weight is 314 g/mol. The number of hydrogen-bond donors (Lipinski definition) is 2. The first kappa shape index (κ1) is 13.3. The van der Waals surface area contributed by atoms with Gasteiger partial charge in [-0.3, -0.25) is 4.79 Å². The summed E-state index contributed by atoms with van der Waals surface area (Å²) in [5, 5.41) is 16.5. The molecule has 0 atom stereocenters. The molecular weight excluding hydrogens is 298 g/mol. The third-order valence-corrected chi connectivity index (χ3v) is 4.00. The van der Waals surface area contributed by atoms with Crippen molar-refractivity contribution in [3.63, 3.8) is 0 Å². The van der Waals surface area contributed by atoms with Crippen LogP contribution in [-0.4, -0.2) is 28.0 Å². The molecule has 18 heavy (non-hydrogen) atoms. The van der Waals surface area contributed by atoms with Crippen LogP contribution in [0.4, 0.5) is 5.69 Å². The summed E-state index contributed by atoms with van der Waals surface area (Å²) in [6.07, 6.45) is 5.28. The lowest BCUT2D eigenvalue weighted by atomic mass is 10.1. The Morgan fingerprint density at radius 2 is 2.39 bits per heavy atom. The summed E-state index contributed by atoms with van der Waals surface area (Å²) in [6, 6.07) is 0. The van der Waals surface area contributed by atoms with Gasteiger partial charge in [0.25, 0.3) is 5.56 Å². The Morgan fingerprint density at radius 3 is 2.94 bits per heavy atom. The SMILES string of the molecule is C=CCn1ncc(NCC2(CO)CC2)c(Br)c1=O. The van der Waals surface area contributed by atoms with Gasteiger partial charge in [0.1, 0.15) is 4.47 Å². The molecule has 2 N–H and O–H groups in total. The molecule has 1 heterocycles. The lowest BCUT2D eigenvalue weighted by Gasteiger charge is -2.14. The van der Waals surface area contributed by atoms with Crippen molar-refractivity contribution in [2.75, 3.05) is 18.5 Å². The van der Waals surface area contributed by atoms with E-state index in [1.54, 1.807) is 12.3 Å². The molecule has 1 aliphatic carbocycles. The number of hydrogen-bond acceptors (Lipinski definition) is 4. The smallest absolute Gasteiger partial charge is 0.283 e. The zero-order chi connectivity index (χ0) is 13.2. The third kappa shape index (κ3) is 2.64. The van der Waals surface area contributed by atoms with Crippen molar-refractivity contribution >= 4 is 21.6 Å². The summed E-state index contributed by atoms with van der Waals surface area (Å²) in [6.45, 7) is 4.81. The van der Waals surface area contributed by atoms with Crippen LogP contribution < -0.4 is 10.9 Å². The Hall–Kier alpha value is -1.14. The van der Waals surface area contributed by atoms with Crippen molar-refractivity contribution in [3.8, 4) is 0 Å². The highest BCUT2D eigenvalue weighted by Crippen LogP contribution is 2.45. The van der Waals surface area contributed by atoms with Gasteiger partial charge in [-0.25, -0.2) is 4.68 Å². The molecule has 0 aromatic carbocycles. The molecule has 1 aromatic rings. The van der Waals surface area contributed by atoms with Crippen LogP contribution in [-0.2, 0) is 6.54 Å². The molecule has 1 saturated carbocycles. The molecule has 98 valence electrons. The first-order valence-electron chi connectivity index (χ1n) is 5.83. The van der Waals surface area contributed by atoms with E-state index in [0.29, 0.717) is 23.2 Å². The molecule has 0 radical (unpaired) electrons. The molecule has 0 bridgehead atoms. The zero-order valence-corrected chi connectivity index (χ0v) is 11.6. The number of aliphatic hydroxyl groups is 1. The maximum Gasteiger partial charge on any atom is 0.283 e. The van der Waals surface area contributed by atoms with Gasteiger partial charge in [-0.2, -0.15) is 5.10 Å². The zero-order valence-electron chi connectivity index (χ0n) is 10.0. The second-order valence-electron chi connectivity index (χ2n) is 4.66. The van der Waals surface area contributed by atoms with E-state index in [-0.39, 0.29) is 17.6 Å². The number of nitrogens with one attached hydrogen (secondary N) is 1. The lowest BCUT2D eigenvalue weighted by Crippen LogP contribution is -2.25. The highest BCUT2D eigenvalue weighted by atomic mass is 79.9. The fourth-order valence-corrected chi connectivity index (χ4v) is 2.14. The molecule has 0 saturated heterocycles. The second kappa shape index (κ2) is 5.24. The summed E-state index contributed by atoms with van der Waals surface area (Å²) < 4.78 is 1.80. The van der Waals surface area contributed by atoms with Gasteiger partial charge >= 0.3 is 0 Å². The molecule has 1 aliphatic rings. The highest BCUT2D eigenvalue weighted by Gasteiger charge is 2.41. The number of aromatic nitrogens is 2. The molecule has 0 amide bonds. The standard InChI is InChI=1S/C12H16BrN3O2/c1-2-5-16-11(18)10(13)9(6-15-16)14-7-12(8-17)3-4-12/h2,6,14,17H,1,3-5,7-8H2. The summed E-state index contributed by atoms with van der Waals surface area (Å²) >= 11 is 3.28. The Bertz CT molecular complexity index is 509. The molecular formula is C12H16BrN3O2. The first-order valence-corrected chi connectivity index (χ1v) is 6.62. The summed E-state index contributed by atoms with van der Waals surface area (Å²) in [7, 11) is 0. The van der Waals surface area contributed by atoms with Crippen LogP contribution in [0.15, 0.2) is 28.1 Å². The van der Waals surface area contributed by atoms with Crippen LogP contribution in [0.25, 0.3) is 0 Å². The van der Waals surface area contributed by atoms with Crippen molar-refractivity contribution < 1.29 is 5.11 Å². The molecule has 0 spiro atoms. The number of nitrogens with zero attached hydrogens (tertiary/aromatic N) is 2. The number of aliphatic hydroxyl groups excluding tert-OH is 1. The molecule has 0 unspecified atom stereocenters.